The van der Waals surface area contributed by atoms with Gasteiger partial charge < -0.3 is 5.32 Å². The third-order valence-corrected chi connectivity index (χ3v) is 5.40. The number of para-hydroxylation sites is 1. The fraction of sp³-hybridized carbons (Fsp3) is 0.273. The molecule has 0 fully saturated rings. The predicted octanol–water partition coefficient (Wildman–Crippen LogP) is 3.62. The van der Waals surface area contributed by atoms with Gasteiger partial charge >= 0.3 is 0 Å². The fourth-order valence-corrected chi connectivity index (χ4v) is 3.77. The molecule has 0 bridgehead atoms. The maximum atomic E-state index is 12.9. The van der Waals surface area contributed by atoms with Gasteiger partial charge in [-0.15, -0.1) is 0 Å². The van der Waals surface area contributed by atoms with Crippen LogP contribution in [0.4, 0.5) is 5.69 Å². The van der Waals surface area contributed by atoms with E-state index in [4.69, 9.17) is 0 Å². The first kappa shape index (κ1) is 17.3. The Balaban J connectivity index is 1.67. The minimum absolute atomic E-state index is 0.229. The molecule has 138 valence electrons. The van der Waals surface area contributed by atoms with Gasteiger partial charge in [0.05, 0.1) is 11.4 Å². The fourth-order valence-electron chi connectivity index (χ4n) is 3.77. The molecule has 1 N–H and O–H groups in total. The van der Waals surface area contributed by atoms with Gasteiger partial charge in [-0.05, 0) is 68.0 Å². The first-order chi connectivity index (χ1) is 13.1. The van der Waals surface area contributed by atoms with E-state index in [9.17, 15) is 9.59 Å². The molecule has 0 atom stereocenters. The van der Waals surface area contributed by atoms with Crippen LogP contribution in [0.15, 0.2) is 53.3 Å². The van der Waals surface area contributed by atoms with Crippen LogP contribution in [0.3, 0.4) is 0 Å². The Morgan fingerprint density at radius 2 is 1.70 bits per heavy atom. The summed E-state index contributed by atoms with van der Waals surface area (Å²) in [5, 5.41) is 2.84. The maximum absolute atomic E-state index is 12.9. The molecule has 4 rings (SSSR count). The lowest BCUT2D eigenvalue weighted by Crippen LogP contribution is -2.23. The Morgan fingerprint density at radius 1 is 1.00 bits per heavy atom. The van der Waals surface area contributed by atoms with Gasteiger partial charge in [0.25, 0.3) is 11.5 Å². The number of amides is 1. The number of fused-ring (bicyclic) bond motifs is 1. The summed E-state index contributed by atoms with van der Waals surface area (Å²) >= 11 is 0. The minimum atomic E-state index is -0.241. The molecule has 0 radical (unpaired) electrons. The summed E-state index contributed by atoms with van der Waals surface area (Å²) in [4.78, 5) is 25.7. The summed E-state index contributed by atoms with van der Waals surface area (Å²) in [5.74, 6) is -0.241. The van der Waals surface area contributed by atoms with E-state index < -0.39 is 0 Å². The SMILES string of the molecule is Cc1c(NC(=O)c2ccc3c(c2)CCCC3)c(=O)n(-c2ccccc2)n1C. The molecule has 27 heavy (non-hydrogen) atoms. The minimum Gasteiger partial charge on any atom is -0.316 e. The van der Waals surface area contributed by atoms with Gasteiger partial charge in [-0.1, -0.05) is 24.3 Å². The predicted molar refractivity (Wildman–Crippen MR) is 107 cm³/mol. The number of aromatic nitrogens is 2. The van der Waals surface area contributed by atoms with Gasteiger partial charge in [0.1, 0.15) is 5.69 Å². The van der Waals surface area contributed by atoms with E-state index in [0.29, 0.717) is 11.3 Å². The van der Waals surface area contributed by atoms with Crippen LogP contribution in [0, 0.1) is 6.92 Å². The number of anilines is 1. The zero-order valence-electron chi connectivity index (χ0n) is 15.7. The van der Waals surface area contributed by atoms with Crippen LogP contribution in [0.2, 0.25) is 0 Å². The molecule has 1 aliphatic rings. The summed E-state index contributed by atoms with van der Waals surface area (Å²) in [5.41, 5.74) is 4.76. The third-order valence-electron chi connectivity index (χ3n) is 5.40. The molecule has 1 heterocycles. The number of nitrogens with zero attached hydrogens (tertiary/aromatic N) is 2. The smallest absolute Gasteiger partial charge is 0.295 e. The largest absolute Gasteiger partial charge is 0.316 e. The lowest BCUT2D eigenvalue weighted by Gasteiger charge is -2.16. The molecular weight excluding hydrogens is 338 g/mol. The summed E-state index contributed by atoms with van der Waals surface area (Å²) in [7, 11) is 1.82. The van der Waals surface area contributed by atoms with E-state index in [1.165, 1.54) is 17.5 Å². The molecule has 3 aromatic rings. The lowest BCUT2D eigenvalue weighted by atomic mass is 9.90. The molecule has 0 aliphatic heterocycles. The lowest BCUT2D eigenvalue weighted by molar-refractivity contribution is 0.102. The molecule has 1 amide bonds. The highest BCUT2D eigenvalue weighted by Crippen LogP contribution is 2.23. The molecule has 2 aromatic carbocycles. The second-order valence-corrected chi connectivity index (χ2v) is 7.08. The van der Waals surface area contributed by atoms with Crippen molar-refractivity contribution in [2.24, 2.45) is 7.05 Å². The van der Waals surface area contributed by atoms with Crippen LogP contribution in [-0.4, -0.2) is 15.3 Å². The van der Waals surface area contributed by atoms with Crippen molar-refractivity contribution in [1.29, 1.82) is 0 Å². The van der Waals surface area contributed by atoms with Crippen molar-refractivity contribution >= 4 is 11.6 Å². The summed E-state index contributed by atoms with van der Waals surface area (Å²) < 4.78 is 3.33. The van der Waals surface area contributed by atoms with Crippen LogP contribution in [0.5, 0.6) is 0 Å². The van der Waals surface area contributed by atoms with E-state index in [-0.39, 0.29) is 11.5 Å². The van der Waals surface area contributed by atoms with Gasteiger partial charge in [0.15, 0.2) is 0 Å². The first-order valence-corrected chi connectivity index (χ1v) is 9.33. The van der Waals surface area contributed by atoms with Gasteiger partial charge in [-0.3, -0.25) is 14.3 Å². The number of carbonyl (C=O) groups is 1. The van der Waals surface area contributed by atoms with Gasteiger partial charge in [0.2, 0.25) is 0 Å². The second kappa shape index (κ2) is 6.91. The number of hydrogen-bond acceptors (Lipinski definition) is 2. The number of aryl methyl sites for hydroxylation is 2. The average molecular weight is 361 g/mol. The van der Waals surface area contributed by atoms with E-state index in [1.807, 2.05) is 62.5 Å². The molecule has 0 saturated carbocycles. The normalized spacial score (nSPS) is 13.3. The zero-order chi connectivity index (χ0) is 19.0. The van der Waals surface area contributed by atoms with E-state index in [1.54, 1.807) is 9.36 Å². The van der Waals surface area contributed by atoms with Crippen molar-refractivity contribution in [3.63, 3.8) is 0 Å². The highest BCUT2D eigenvalue weighted by Gasteiger charge is 2.19. The Bertz CT molecular complexity index is 1060. The van der Waals surface area contributed by atoms with Crippen LogP contribution in [-0.2, 0) is 19.9 Å². The highest BCUT2D eigenvalue weighted by atomic mass is 16.2. The Morgan fingerprint density at radius 3 is 2.44 bits per heavy atom. The van der Waals surface area contributed by atoms with Gasteiger partial charge in [0, 0.05) is 12.6 Å². The second-order valence-electron chi connectivity index (χ2n) is 7.08. The summed E-state index contributed by atoms with van der Waals surface area (Å²) in [6, 6.07) is 15.3. The van der Waals surface area contributed by atoms with E-state index in [0.717, 1.165) is 30.6 Å². The Hall–Kier alpha value is -3.08. The molecule has 0 saturated heterocycles. The van der Waals surface area contributed by atoms with E-state index in [2.05, 4.69) is 5.32 Å². The number of nitrogens with one attached hydrogen (secondary N) is 1. The molecule has 1 aliphatic carbocycles. The summed E-state index contributed by atoms with van der Waals surface area (Å²) in [6.07, 6.45) is 4.47. The van der Waals surface area contributed by atoms with Crippen LogP contribution >= 0.6 is 0 Å². The third kappa shape index (κ3) is 3.10. The Labute approximate surface area is 158 Å². The van der Waals surface area contributed by atoms with Crippen LogP contribution in [0.1, 0.15) is 40.0 Å². The molecule has 0 spiro atoms. The van der Waals surface area contributed by atoms with Crippen molar-refractivity contribution in [3.05, 3.63) is 81.3 Å². The van der Waals surface area contributed by atoms with Crippen LogP contribution in [0.25, 0.3) is 5.69 Å². The number of carbonyl (C=O) groups excluding carboxylic acids is 1. The number of hydrogen-bond donors (Lipinski definition) is 1. The van der Waals surface area contributed by atoms with Gasteiger partial charge in [-0.25, -0.2) is 4.68 Å². The van der Waals surface area contributed by atoms with Gasteiger partial charge in [-0.2, -0.15) is 0 Å². The summed E-state index contributed by atoms with van der Waals surface area (Å²) in [6.45, 7) is 1.84. The molecular formula is C22H23N3O2. The number of benzene rings is 2. The topological polar surface area (TPSA) is 56.0 Å². The number of rotatable bonds is 3. The van der Waals surface area contributed by atoms with Crippen molar-refractivity contribution in [3.8, 4) is 5.69 Å². The van der Waals surface area contributed by atoms with Crippen LogP contribution < -0.4 is 10.9 Å². The molecule has 5 nitrogen and oxygen atoms in total. The average Bonchev–Trinajstić information content (AvgIpc) is 2.91. The first-order valence-electron chi connectivity index (χ1n) is 9.33. The molecule has 0 unspecified atom stereocenters. The monoisotopic (exact) mass is 361 g/mol. The zero-order valence-corrected chi connectivity index (χ0v) is 15.7. The van der Waals surface area contributed by atoms with Crippen molar-refractivity contribution in [2.45, 2.75) is 32.6 Å². The standard InChI is InChI=1S/C22H23N3O2/c1-15-20(22(27)25(24(15)2)19-10-4-3-5-11-19)23-21(26)18-13-12-16-8-6-7-9-17(16)14-18/h3-5,10-14H,6-9H2,1-2H3,(H,23,26). The maximum Gasteiger partial charge on any atom is 0.295 e. The van der Waals surface area contributed by atoms with Crippen molar-refractivity contribution < 1.29 is 4.79 Å². The molecule has 5 heteroatoms. The van der Waals surface area contributed by atoms with Crippen molar-refractivity contribution in [1.82, 2.24) is 9.36 Å². The molecule has 1 aromatic heterocycles. The van der Waals surface area contributed by atoms with Crippen molar-refractivity contribution in [2.75, 3.05) is 5.32 Å². The Kier molecular flexibility index (Phi) is 4.44. The van der Waals surface area contributed by atoms with E-state index >= 15 is 0 Å². The highest BCUT2D eigenvalue weighted by molar-refractivity contribution is 6.04. The quantitative estimate of drug-likeness (QED) is 0.775.